The van der Waals surface area contributed by atoms with Crippen LogP contribution >= 0.6 is 0 Å². The van der Waals surface area contributed by atoms with Crippen molar-refractivity contribution in [3.8, 4) is 0 Å². The number of aliphatic hydroxyl groups is 2. The Balaban J connectivity index is 1.97. The minimum Gasteiger partial charge on any atom is -0.444 e. The zero-order chi connectivity index (χ0) is 18.6. The Hall–Kier alpha value is -2.16. The number of benzene rings is 1. The third kappa shape index (κ3) is 5.15. The molecule has 0 spiro atoms. The number of hydroxylamine groups is 1. The van der Waals surface area contributed by atoms with E-state index >= 15 is 0 Å². The van der Waals surface area contributed by atoms with Crippen molar-refractivity contribution in [3.63, 3.8) is 0 Å². The van der Waals surface area contributed by atoms with Gasteiger partial charge < -0.3 is 14.9 Å². The first kappa shape index (κ1) is 19.2. The zero-order valence-corrected chi connectivity index (χ0v) is 14.5. The summed E-state index contributed by atoms with van der Waals surface area (Å²) in [6.45, 7) is 4.99. The molecule has 138 valence electrons. The fourth-order valence-corrected chi connectivity index (χ4v) is 2.45. The van der Waals surface area contributed by atoms with E-state index in [0.29, 0.717) is 0 Å². The summed E-state index contributed by atoms with van der Waals surface area (Å²) in [5.74, 6) is -0.731. The quantitative estimate of drug-likeness (QED) is 0.684. The molecule has 3 atom stereocenters. The molecular formula is C17H24N2O6. The monoisotopic (exact) mass is 352 g/mol. The summed E-state index contributed by atoms with van der Waals surface area (Å²) in [5.41, 5.74) is 2.29. The van der Waals surface area contributed by atoms with E-state index in [-0.39, 0.29) is 13.2 Å². The number of ether oxygens (including phenoxy) is 1. The second-order valence-corrected chi connectivity index (χ2v) is 6.88. The van der Waals surface area contributed by atoms with Crippen LogP contribution in [0.4, 0.5) is 4.79 Å². The Bertz CT molecular complexity index is 601. The van der Waals surface area contributed by atoms with E-state index in [4.69, 9.17) is 9.57 Å². The van der Waals surface area contributed by atoms with Gasteiger partial charge in [0.15, 0.2) is 0 Å². The van der Waals surface area contributed by atoms with E-state index in [1.54, 1.807) is 20.8 Å². The fraction of sp³-hybridized carbons (Fsp3) is 0.529. The van der Waals surface area contributed by atoms with Gasteiger partial charge in [-0.2, -0.15) is 0 Å². The molecule has 1 heterocycles. The molecule has 1 fully saturated rings. The first-order valence-electron chi connectivity index (χ1n) is 8.00. The first-order chi connectivity index (χ1) is 11.7. The molecule has 0 radical (unpaired) electrons. The number of nitrogens with one attached hydrogen (secondary N) is 1. The molecule has 2 amide bonds. The predicted molar refractivity (Wildman–Crippen MR) is 88.1 cm³/mol. The highest BCUT2D eigenvalue weighted by atomic mass is 16.7. The first-order valence-corrected chi connectivity index (χ1v) is 8.00. The summed E-state index contributed by atoms with van der Waals surface area (Å²) in [6.07, 6.45) is -3.45. The lowest BCUT2D eigenvalue weighted by atomic mass is 10.1. The van der Waals surface area contributed by atoms with Crippen molar-refractivity contribution >= 4 is 12.0 Å². The Labute approximate surface area is 146 Å². The van der Waals surface area contributed by atoms with Gasteiger partial charge in [0.1, 0.15) is 23.9 Å². The second kappa shape index (κ2) is 7.81. The summed E-state index contributed by atoms with van der Waals surface area (Å²) in [6, 6.07) is 7.89. The smallest absolute Gasteiger partial charge is 0.411 e. The summed E-state index contributed by atoms with van der Waals surface area (Å²) in [4.78, 5) is 30.7. The topological polar surface area (TPSA) is 108 Å². The standard InChI is InChI=1S/C17H24N2O6/c1-17(2,3)25-16(23)19-9-12(20)14(21)13(19)15(22)18-24-10-11-7-5-4-6-8-11/h4-8,12-14,20-21H,9-10H2,1-3H3,(H,18,22). The molecule has 0 aliphatic carbocycles. The summed E-state index contributed by atoms with van der Waals surface area (Å²) < 4.78 is 5.22. The number of hydrogen-bond donors (Lipinski definition) is 3. The van der Waals surface area contributed by atoms with Gasteiger partial charge in [-0.15, -0.1) is 0 Å². The van der Waals surface area contributed by atoms with Gasteiger partial charge in [0.05, 0.1) is 13.2 Å². The van der Waals surface area contributed by atoms with Gasteiger partial charge >= 0.3 is 6.09 Å². The van der Waals surface area contributed by atoms with Crippen LogP contribution in [0.25, 0.3) is 0 Å². The number of carbonyl (C=O) groups excluding carboxylic acids is 2. The van der Waals surface area contributed by atoms with Gasteiger partial charge in [-0.05, 0) is 26.3 Å². The molecule has 3 unspecified atom stereocenters. The lowest BCUT2D eigenvalue weighted by Crippen LogP contribution is -2.51. The number of aliphatic hydroxyl groups excluding tert-OH is 2. The van der Waals surface area contributed by atoms with Crippen LogP contribution in [0, 0.1) is 0 Å². The van der Waals surface area contributed by atoms with Crippen LogP contribution in [0.2, 0.25) is 0 Å². The predicted octanol–water partition coefficient (Wildman–Crippen LogP) is 0.576. The van der Waals surface area contributed by atoms with Crippen molar-refractivity contribution in [3.05, 3.63) is 35.9 Å². The molecule has 1 aromatic carbocycles. The molecule has 1 aliphatic heterocycles. The number of rotatable bonds is 4. The zero-order valence-electron chi connectivity index (χ0n) is 14.5. The SMILES string of the molecule is CC(C)(C)OC(=O)N1CC(O)C(O)C1C(=O)NOCc1ccccc1. The van der Waals surface area contributed by atoms with E-state index in [1.807, 2.05) is 30.3 Å². The summed E-state index contributed by atoms with van der Waals surface area (Å²) in [7, 11) is 0. The van der Waals surface area contributed by atoms with Gasteiger partial charge in [0.2, 0.25) is 0 Å². The average Bonchev–Trinajstić information content (AvgIpc) is 2.82. The van der Waals surface area contributed by atoms with Crippen molar-refractivity contribution in [2.75, 3.05) is 6.54 Å². The highest BCUT2D eigenvalue weighted by Crippen LogP contribution is 2.22. The van der Waals surface area contributed by atoms with Gasteiger partial charge in [-0.3, -0.25) is 14.5 Å². The third-order valence-electron chi connectivity index (χ3n) is 3.59. The van der Waals surface area contributed by atoms with Crippen LogP contribution in [0.15, 0.2) is 30.3 Å². The van der Waals surface area contributed by atoms with E-state index in [0.717, 1.165) is 10.5 Å². The Morgan fingerprint density at radius 2 is 1.88 bits per heavy atom. The van der Waals surface area contributed by atoms with Crippen LogP contribution in [-0.4, -0.2) is 57.5 Å². The fourth-order valence-electron chi connectivity index (χ4n) is 2.45. The highest BCUT2D eigenvalue weighted by Gasteiger charge is 2.48. The van der Waals surface area contributed by atoms with Crippen molar-refractivity contribution in [1.82, 2.24) is 10.4 Å². The van der Waals surface area contributed by atoms with Crippen LogP contribution < -0.4 is 5.48 Å². The van der Waals surface area contributed by atoms with E-state index in [1.165, 1.54) is 0 Å². The number of amides is 2. The van der Waals surface area contributed by atoms with Crippen LogP contribution in [-0.2, 0) is 21.0 Å². The Kier molecular flexibility index (Phi) is 5.99. The molecule has 8 nitrogen and oxygen atoms in total. The molecule has 0 aromatic heterocycles. The maximum atomic E-state index is 12.3. The number of carbonyl (C=O) groups is 2. The average molecular weight is 352 g/mol. The second-order valence-electron chi connectivity index (χ2n) is 6.88. The minimum atomic E-state index is -1.42. The van der Waals surface area contributed by atoms with Gasteiger partial charge in [-0.25, -0.2) is 10.3 Å². The normalized spacial score (nSPS) is 23.4. The molecule has 0 bridgehead atoms. The van der Waals surface area contributed by atoms with Gasteiger partial charge in [-0.1, -0.05) is 30.3 Å². The summed E-state index contributed by atoms with van der Waals surface area (Å²) in [5, 5.41) is 19.9. The third-order valence-corrected chi connectivity index (χ3v) is 3.59. The molecule has 8 heteroatoms. The molecular weight excluding hydrogens is 328 g/mol. The van der Waals surface area contributed by atoms with Crippen molar-refractivity contribution in [2.24, 2.45) is 0 Å². The molecule has 2 rings (SSSR count). The lowest BCUT2D eigenvalue weighted by Gasteiger charge is -2.28. The number of β-amino-alcohol motifs (C(OH)–C–C–N with tert-alkyl or cyclic N) is 1. The molecule has 3 N–H and O–H groups in total. The van der Waals surface area contributed by atoms with Crippen LogP contribution in [0.5, 0.6) is 0 Å². The minimum absolute atomic E-state index is 0.129. The van der Waals surface area contributed by atoms with Crippen molar-refractivity contribution in [2.45, 2.75) is 51.2 Å². The molecule has 0 saturated carbocycles. The van der Waals surface area contributed by atoms with Gasteiger partial charge in [0, 0.05) is 0 Å². The maximum Gasteiger partial charge on any atom is 0.411 e. The van der Waals surface area contributed by atoms with Crippen molar-refractivity contribution in [1.29, 1.82) is 0 Å². The van der Waals surface area contributed by atoms with E-state index in [2.05, 4.69) is 5.48 Å². The Morgan fingerprint density at radius 1 is 1.24 bits per heavy atom. The largest absolute Gasteiger partial charge is 0.444 e. The van der Waals surface area contributed by atoms with Crippen molar-refractivity contribution < 1.29 is 29.4 Å². The molecule has 25 heavy (non-hydrogen) atoms. The maximum absolute atomic E-state index is 12.3. The van der Waals surface area contributed by atoms with E-state index < -0.39 is 35.9 Å². The summed E-state index contributed by atoms with van der Waals surface area (Å²) >= 11 is 0. The number of nitrogens with zero attached hydrogens (tertiary/aromatic N) is 1. The molecule has 1 aliphatic rings. The number of hydrogen-bond acceptors (Lipinski definition) is 6. The lowest BCUT2D eigenvalue weighted by molar-refractivity contribution is -0.142. The Morgan fingerprint density at radius 3 is 2.48 bits per heavy atom. The highest BCUT2D eigenvalue weighted by molar-refractivity contribution is 5.86. The van der Waals surface area contributed by atoms with Gasteiger partial charge in [0.25, 0.3) is 5.91 Å². The van der Waals surface area contributed by atoms with Crippen LogP contribution in [0.3, 0.4) is 0 Å². The number of likely N-dealkylation sites (tertiary alicyclic amines) is 1. The van der Waals surface area contributed by atoms with E-state index in [9.17, 15) is 19.8 Å². The molecule has 1 aromatic rings. The van der Waals surface area contributed by atoms with Crippen LogP contribution in [0.1, 0.15) is 26.3 Å². The molecule has 1 saturated heterocycles.